The Morgan fingerprint density at radius 3 is 2.73 bits per heavy atom. The van der Waals surface area contributed by atoms with Gasteiger partial charge in [0.25, 0.3) is 0 Å². The number of pyridine rings is 1. The quantitative estimate of drug-likeness (QED) is 0.449. The highest BCUT2D eigenvalue weighted by atomic mass is 19.1. The lowest BCUT2D eigenvalue weighted by Crippen LogP contribution is -2.34. The molecule has 0 radical (unpaired) electrons. The van der Waals surface area contributed by atoms with Crippen molar-refractivity contribution in [2.75, 3.05) is 13.6 Å². The maximum Gasteiger partial charge on any atom is 0.323 e. The minimum absolute atomic E-state index is 0.157. The molecule has 0 atom stereocenters. The van der Waals surface area contributed by atoms with Crippen LogP contribution in [0, 0.1) is 12.7 Å². The fourth-order valence-corrected chi connectivity index (χ4v) is 3.44. The first kappa shape index (κ1) is 21.9. The molecule has 4 aromatic rings. The highest BCUT2D eigenvalue weighted by Crippen LogP contribution is 2.33. The smallest absolute Gasteiger partial charge is 0.323 e. The van der Waals surface area contributed by atoms with E-state index in [1.165, 1.54) is 24.0 Å². The molecule has 4 rings (SSSR count). The number of nitrogens with zero attached hydrogens (tertiary/aromatic N) is 5. The Bertz CT molecular complexity index is 1330. The van der Waals surface area contributed by atoms with Crippen LogP contribution in [-0.4, -0.2) is 60.4 Å². The summed E-state index contributed by atoms with van der Waals surface area (Å²) >= 11 is 0. The van der Waals surface area contributed by atoms with E-state index in [2.05, 4.69) is 20.3 Å². The zero-order valence-electron chi connectivity index (χ0n) is 18.0. The van der Waals surface area contributed by atoms with Crippen molar-refractivity contribution in [3.05, 3.63) is 66.5 Å². The summed E-state index contributed by atoms with van der Waals surface area (Å²) in [4.78, 5) is 28.6. The van der Waals surface area contributed by atoms with Crippen molar-refractivity contribution in [2.24, 2.45) is 0 Å². The predicted octanol–water partition coefficient (Wildman–Crippen LogP) is 2.99. The van der Waals surface area contributed by atoms with E-state index in [4.69, 9.17) is 5.11 Å². The SMILES string of the molecule is Cc1cccc(-c2[nH]ncc2-c2ccc(F)c(-c3cnn(CC(=O)N(C)CC(=O)O)c3)c2)n1. The third-order valence-electron chi connectivity index (χ3n) is 5.10. The van der Waals surface area contributed by atoms with Crippen molar-refractivity contribution >= 4 is 11.9 Å². The van der Waals surface area contributed by atoms with Crippen LogP contribution in [0.2, 0.25) is 0 Å². The lowest BCUT2D eigenvalue weighted by atomic mass is 9.99. The number of carboxylic acid groups (broad SMARTS) is 1. The Kier molecular flexibility index (Phi) is 5.99. The molecule has 0 saturated heterocycles. The highest BCUT2D eigenvalue weighted by molar-refractivity contribution is 5.82. The first-order valence-electron chi connectivity index (χ1n) is 10.1. The number of likely N-dealkylation sites (N-methyl/N-ethyl adjacent to an activating group) is 1. The Hall–Kier alpha value is -4.34. The van der Waals surface area contributed by atoms with Gasteiger partial charge in [0.15, 0.2) is 0 Å². The molecule has 0 aliphatic carbocycles. The van der Waals surface area contributed by atoms with Crippen LogP contribution < -0.4 is 0 Å². The molecule has 3 aromatic heterocycles. The van der Waals surface area contributed by atoms with Gasteiger partial charge in [-0.05, 0) is 36.8 Å². The number of aromatic amines is 1. The summed E-state index contributed by atoms with van der Waals surface area (Å²) in [6.07, 6.45) is 4.68. The summed E-state index contributed by atoms with van der Waals surface area (Å²) in [5.74, 6) is -1.97. The lowest BCUT2D eigenvalue weighted by Gasteiger charge is -2.14. The molecule has 0 fully saturated rings. The second-order valence-corrected chi connectivity index (χ2v) is 7.59. The molecular formula is C23H21FN6O3. The van der Waals surface area contributed by atoms with Crippen molar-refractivity contribution < 1.29 is 19.1 Å². The molecule has 2 N–H and O–H groups in total. The van der Waals surface area contributed by atoms with Crippen LogP contribution in [0.25, 0.3) is 33.6 Å². The average molecular weight is 448 g/mol. The summed E-state index contributed by atoms with van der Waals surface area (Å²) in [6, 6.07) is 10.4. The van der Waals surface area contributed by atoms with Gasteiger partial charge in [-0.25, -0.2) is 4.39 Å². The van der Waals surface area contributed by atoms with E-state index >= 15 is 0 Å². The minimum atomic E-state index is -1.11. The number of aromatic nitrogens is 5. The third kappa shape index (κ3) is 4.79. The van der Waals surface area contributed by atoms with Gasteiger partial charge in [-0.2, -0.15) is 10.2 Å². The molecule has 33 heavy (non-hydrogen) atoms. The molecule has 9 nitrogen and oxygen atoms in total. The summed E-state index contributed by atoms with van der Waals surface area (Å²) in [6.45, 7) is 1.33. The van der Waals surface area contributed by atoms with Crippen molar-refractivity contribution in [2.45, 2.75) is 13.5 Å². The molecule has 168 valence electrons. The first-order valence-corrected chi connectivity index (χ1v) is 10.1. The lowest BCUT2D eigenvalue weighted by molar-refractivity contribution is -0.143. The summed E-state index contributed by atoms with van der Waals surface area (Å²) < 4.78 is 16.1. The van der Waals surface area contributed by atoms with Crippen LogP contribution in [0.4, 0.5) is 4.39 Å². The number of aliphatic carboxylic acids is 1. The number of H-pyrrole nitrogens is 1. The third-order valence-corrected chi connectivity index (χ3v) is 5.10. The van der Waals surface area contributed by atoms with E-state index in [1.807, 2.05) is 25.1 Å². The summed E-state index contributed by atoms with van der Waals surface area (Å²) in [5.41, 5.74) is 4.62. The van der Waals surface area contributed by atoms with Gasteiger partial charge in [-0.15, -0.1) is 0 Å². The van der Waals surface area contributed by atoms with Gasteiger partial charge < -0.3 is 10.0 Å². The molecular weight excluding hydrogens is 427 g/mol. The van der Waals surface area contributed by atoms with Gasteiger partial charge in [-0.1, -0.05) is 12.1 Å². The number of nitrogens with one attached hydrogen (secondary N) is 1. The predicted molar refractivity (Wildman–Crippen MR) is 118 cm³/mol. The number of carbonyl (C=O) groups excluding carboxylic acids is 1. The van der Waals surface area contributed by atoms with Crippen molar-refractivity contribution in [3.63, 3.8) is 0 Å². The van der Waals surface area contributed by atoms with Crippen LogP contribution in [0.5, 0.6) is 0 Å². The van der Waals surface area contributed by atoms with Crippen molar-refractivity contribution in [1.82, 2.24) is 29.9 Å². The fourth-order valence-electron chi connectivity index (χ4n) is 3.44. The van der Waals surface area contributed by atoms with E-state index in [9.17, 15) is 14.0 Å². The molecule has 3 heterocycles. The van der Waals surface area contributed by atoms with Crippen LogP contribution >= 0.6 is 0 Å². The van der Waals surface area contributed by atoms with Gasteiger partial charge in [0.05, 0.1) is 23.8 Å². The fraction of sp³-hybridized carbons (Fsp3) is 0.174. The minimum Gasteiger partial charge on any atom is -0.480 e. The number of aryl methyl sites for hydroxylation is 1. The van der Waals surface area contributed by atoms with E-state index < -0.39 is 24.2 Å². The van der Waals surface area contributed by atoms with Crippen LogP contribution in [-0.2, 0) is 16.1 Å². The van der Waals surface area contributed by atoms with E-state index in [0.717, 1.165) is 33.1 Å². The number of benzene rings is 1. The number of amides is 1. The number of hydrogen-bond acceptors (Lipinski definition) is 5. The Labute approximate surface area is 188 Å². The molecule has 0 aliphatic heterocycles. The maximum atomic E-state index is 14.7. The van der Waals surface area contributed by atoms with Crippen molar-refractivity contribution in [3.8, 4) is 33.6 Å². The summed E-state index contributed by atoms with van der Waals surface area (Å²) in [7, 11) is 1.40. The molecule has 10 heteroatoms. The Morgan fingerprint density at radius 1 is 1.15 bits per heavy atom. The molecule has 0 spiro atoms. The molecule has 0 unspecified atom stereocenters. The standard InChI is InChI=1S/C23H21FN6O3/c1-14-4-3-5-20(27-14)23-18(10-25-28-23)15-6-7-19(24)17(8-15)16-9-26-30(11-16)12-21(31)29(2)13-22(32)33/h3-11H,12-13H2,1-2H3,(H,25,28)(H,32,33). The number of rotatable bonds is 7. The molecule has 1 aromatic carbocycles. The molecule has 0 bridgehead atoms. The zero-order valence-corrected chi connectivity index (χ0v) is 18.0. The number of hydrogen-bond donors (Lipinski definition) is 2. The van der Waals surface area contributed by atoms with E-state index in [-0.39, 0.29) is 6.54 Å². The number of carboxylic acids is 1. The highest BCUT2D eigenvalue weighted by Gasteiger charge is 2.17. The van der Waals surface area contributed by atoms with Crippen LogP contribution in [0.3, 0.4) is 0 Å². The topological polar surface area (TPSA) is 117 Å². The number of carbonyl (C=O) groups is 2. The van der Waals surface area contributed by atoms with Gasteiger partial charge in [0.2, 0.25) is 5.91 Å². The number of halogens is 1. The Morgan fingerprint density at radius 2 is 1.97 bits per heavy atom. The Balaban J connectivity index is 1.62. The van der Waals surface area contributed by atoms with Crippen LogP contribution in [0.1, 0.15) is 5.69 Å². The second kappa shape index (κ2) is 9.03. The molecule has 1 amide bonds. The summed E-state index contributed by atoms with van der Waals surface area (Å²) in [5, 5.41) is 20.1. The average Bonchev–Trinajstić information content (AvgIpc) is 3.43. The van der Waals surface area contributed by atoms with E-state index in [1.54, 1.807) is 24.5 Å². The first-order chi connectivity index (χ1) is 15.8. The molecule has 0 saturated carbocycles. The molecule has 0 aliphatic rings. The van der Waals surface area contributed by atoms with Gasteiger partial charge >= 0.3 is 5.97 Å². The van der Waals surface area contributed by atoms with Crippen molar-refractivity contribution in [1.29, 1.82) is 0 Å². The van der Waals surface area contributed by atoms with Crippen LogP contribution in [0.15, 0.2) is 55.0 Å². The monoisotopic (exact) mass is 448 g/mol. The normalized spacial score (nSPS) is 10.9. The van der Waals surface area contributed by atoms with E-state index in [0.29, 0.717) is 11.1 Å². The van der Waals surface area contributed by atoms with Gasteiger partial charge in [-0.3, -0.25) is 24.4 Å². The maximum absolute atomic E-state index is 14.7. The largest absolute Gasteiger partial charge is 0.480 e. The second-order valence-electron chi connectivity index (χ2n) is 7.59. The zero-order chi connectivity index (χ0) is 23.5. The van der Waals surface area contributed by atoms with Gasteiger partial charge in [0, 0.05) is 35.6 Å². The van der Waals surface area contributed by atoms with Gasteiger partial charge in [0.1, 0.15) is 18.9 Å².